The molecule has 9 heteroatoms. The number of rotatable bonds is 5. The van der Waals surface area contributed by atoms with Crippen LogP contribution in [0.3, 0.4) is 0 Å². The monoisotopic (exact) mass is 396 g/mol. The summed E-state index contributed by atoms with van der Waals surface area (Å²) in [6, 6.07) is 7.57. The van der Waals surface area contributed by atoms with Crippen LogP contribution in [-0.4, -0.2) is 23.6 Å². The lowest BCUT2D eigenvalue weighted by Gasteiger charge is -2.04. The van der Waals surface area contributed by atoms with E-state index in [-0.39, 0.29) is 4.90 Å². The summed E-state index contributed by atoms with van der Waals surface area (Å²) in [4.78, 5) is 5.52. The van der Waals surface area contributed by atoms with E-state index in [0.717, 1.165) is 16.1 Å². The lowest BCUT2D eigenvalue weighted by atomic mass is 10.1. The van der Waals surface area contributed by atoms with Crippen molar-refractivity contribution in [2.75, 3.05) is 4.72 Å². The Bertz CT molecular complexity index is 988. The average Bonchev–Trinajstić information content (AvgIpc) is 3.04. The van der Waals surface area contributed by atoms with E-state index >= 15 is 0 Å². The van der Waals surface area contributed by atoms with Gasteiger partial charge in [0.25, 0.3) is 10.0 Å². The van der Waals surface area contributed by atoms with Crippen molar-refractivity contribution in [1.82, 2.24) is 15.2 Å². The lowest BCUT2D eigenvalue weighted by Crippen LogP contribution is -2.14. The van der Waals surface area contributed by atoms with Gasteiger partial charge in [-0.05, 0) is 38.5 Å². The predicted octanol–water partition coefficient (Wildman–Crippen LogP) is 3.84. The van der Waals surface area contributed by atoms with Crippen molar-refractivity contribution in [3.63, 3.8) is 0 Å². The quantitative estimate of drug-likeness (QED) is 0.685. The number of aryl methyl sites for hydroxylation is 3. The first-order chi connectivity index (χ1) is 11.8. The zero-order chi connectivity index (χ0) is 18.2. The Morgan fingerprint density at radius 1 is 1.16 bits per heavy atom. The van der Waals surface area contributed by atoms with Crippen LogP contribution < -0.4 is 4.72 Å². The Hall–Kier alpha value is -1.90. The van der Waals surface area contributed by atoms with Crippen molar-refractivity contribution in [3.05, 3.63) is 56.8 Å². The summed E-state index contributed by atoms with van der Waals surface area (Å²) in [6.07, 6.45) is 0.673. The SMILES string of the molecule is Cc1nc(NS(=O)(=O)c2c(C)n[nH]c2C)sc1Cc1ccc(Cl)cc1. The van der Waals surface area contributed by atoms with Gasteiger partial charge in [-0.1, -0.05) is 23.7 Å². The fourth-order valence-electron chi connectivity index (χ4n) is 2.53. The molecule has 0 bridgehead atoms. The second-order valence-electron chi connectivity index (χ2n) is 5.70. The van der Waals surface area contributed by atoms with E-state index in [2.05, 4.69) is 19.9 Å². The van der Waals surface area contributed by atoms with Crippen molar-refractivity contribution < 1.29 is 8.42 Å². The van der Waals surface area contributed by atoms with Gasteiger partial charge in [0.1, 0.15) is 4.90 Å². The molecule has 0 unspecified atom stereocenters. The molecule has 2 aromatic heterocycles. The van der Waals surface area contributed by atoms with Gasteiger partial charge in [0, 0.05) is 16.3 Å². The highest BCUT2D eigenvalue weighted by Crippen LogP contribution is 2.28. The third-order valence-electron chi connectivity index (χ3n) is 3.72. The van der Waals surface area contributed by atoms with E-state index in [1.54, 1.807) is 13.8 Å². The van der Waals surface area contributed by atoms with Gasteiger partial charge in [0.2, 0.25) is 0 Å². The molecule has 0 aliphatic rings. The van der Waals surface area contributed by atoms with Gasteiger partial charge in [-0.15, -0.1) is 11.3 Å². The van der Waals surface area contributed by atoms with E-state index < -0.39 is 10.0 Å². The number of hydrogen-bond donors (Lipinski definition) is 2. The minimum atomic E-state index is -3.73. The molecule has 0 fully saturated rings. The minimum Gasteiger partial charge on any atom is -0.281 e. The first-order valence-electron chi connectivity index (χ1n) is 7.51. The molecule has 2 N–H and O–H groups in total. The summed E-state index contributed by atoms with van der Waals surface area (Å²) < 4.78 is 27.8. The van der Waals surface area contributed by atoms with Crippen LogP contribution >= 0.6 is 22.9 Å². The molecule has 0 aliphatic carbocycles. The highest BCUT2D eigenvalue weighted by Gasteiger charge is 2.24. The van der Waals surface area contributed by atoms with Gasteiger partial charge in [-0.3, -0.25) is 9.82 Å². The van der Waals surface area contributed by atoms with Crippen molar-refractivity contribution in [2.45, 2.75) is 32.1 Å². The van der Waals surface area contributed by atoms with Gasteiger partial charge in [-0.2, -0.15) is 5.10 Å². The molecule has 0 spiro atoms. The number of anilines is 1. The molecule has 25 heavy (non-hydrogen) atoms. The number of aromatic nitrogens is 3. The molecule has 0 aliphatic heterocycles. The highest BCUT2D eigenvalue weighted by molar-refractivity contribution is 7.93. The van der Waals surface area contributed by atoms with Crippen molar-refractivity contribution >= 4 is 38.1 Å². The van der Waals surface area contributed by atoms with Gasteiger partial charge >= 0.3 is 0 Å². The Morgan fingerprint density at radius 2 is 1.84 bits per heavy atom. The van der Waals surface area contributed by atoms with Crippen LogP contribution in [0.4, 0.5) is 5.13 Å². The molecule has 6 nitrogen and oxygen atoms in total. The Balaban J connectivity index is 1.84. The number of thiazole rings is 1. The fourth-order valence-corrected chi connectivity index (χ4v) is 5.26. The molecule has 2 heterocycles. The number of sulfonamides is 1. The number of aromatic amines is 1. The average molecular weight is 397 g/mol. The van der Waals surface area contributed by atoms with Crippen LogP contribution in [0.25, 0.3) is 0 Å². The molecule has 0 amide bonds. The number of nitrogens with one attached hydrogen (secondary N) is 2. The standard InChI is InChI=1S/C16H17ClN4O2S2/c1-9-14(8-12-4-6-13(17)7-5-12)24-16(18-9)21-25(22,23)15-10(2)19-20-11(15)3/h4-7H,8H2,1-3H3,(H,18,21)(H,19,20). The Morgan fingerprint density at radius 3 is 2.44 bits per heavy atom. The zero-order valence-electron chi connectivity index (χ0n) is 13.9. The van der Waals surface area contributed by atoms with Crippen LogP contribution in [0, 0.1) is 20.8 Å². The maximum absolute atomic E-state index is 12.6. The second-order valence-corrected chi connectivity index (χ2v) is 8.84. The maximum atomic E-state index is 12.6. The maximum Gasteiger partial charge on any atom is 0.267 e. The topological polar surface area (TPSA) is 87.7 Å². The molecule has 3 rings (SSSR count). The van der Waals surface area contributed by atoms with Crippen molar-refractivity contribution in [1.29, 1.82) is 0 Å². The summed E-state index contributed by atoms with van der Waals surface area (Å²) in [6.45, 7) is 5.19. The smallest absolute Gasteiger partial charge is 0.267 e. The van der Waals surface area contributed by atoms with Gasteiger partial charge < -0.3 is 0 Å². The predicted molar refractivity (Wildman–Crippen MR) is 100.0 cm³/mol. The molecule has 0 radical (unpaired) electrons. The molecule has 132 valence electrons. The third kappa shape index (κ3) is 3.86. The first kappa shape index (κ1) is 17.9. The van der Waals surface area contributed by atoms with Crippen LogP contribution in [0.1, 0.15) is 27.5 Å². The van der Waals surface area contributed by atoms with E-state index in [0.29, 0.717) is 28.0 Å². The number of halogens is 1. The van der Waals surface area contributed by atoms with E-state index in [9.17, 15) is 8.42 Å². The number of nitrogens with zero attached hydrogens (tertiary/aromatic N) is 2. The van der Waals surface area contributed by atoms with Gasteiger partial charge in [0.05, 0.1) is 17.1 Å². The Labute approximate surface area is 155 Å². The number of benzene rings is 1. The van der Waals surface area contributed by atoms with E-state index in [1.165, 1.54) is 11.3 Å². The van der Waals surface area contributed by atoms with E-state index in [4.69, 9.17) is 11.6 Å². The molecule has 0 saturated carbocycles. The fraction of sp³-hybridized carbons (Fsp3) is 0.250. The molecule has 0 saturated heterocycles. The zero-order valence-corrected chi connectivity index (χ0v) is 16.3. The highest BCUT2D eigenvalue weighted by atomic mass is 35.5. The van der Waals surface area contributed by atoms with Crippen molar-refractivity contribution in [3.8, 4) is 0 Å². The number of H-pyrrole nitrogens is 1. The van der Waals surface area contributed by atoms with Crippen LogP contribution in [-0.2, 0) is 16.4 Å². The lowest BCUT2D eigenvalue weighted by molar-refractivity contribution is 0.600. The van der Waals surface area contributed by atoms with Crippen LogP contribution in [0.5, 0.6) is 0 Å². The largest absolute Gasteiger partial charge is 0.281 e. The number of hydrogen-bond acceptors (Lipinski definition) is 5. The normalized spacial score (nSPS) is 11.7. The van der Waals surface area contributed by atoms with E-state index in [1.807, 2.05) is 31.2 Å². The molecular weight excluding hydrogens is 380 g/mol. The molecular formula is C16H17ClN4O2S2. The summed E-state index contributed by atoms with van der Waals surface area (Å²) in [7, 11) is -3.73. The van der Waals surface area contributed by atoms with Gasteiger partial charge in [0.15, 0.2) is 5.13 Å². The second kappa shape index (κ2) is 6.78. The molecule has 1 aromatic carbocycles. The summed E-state index contributed by atoms with van der Waals surface area (Å²) >= 11 is 7.23. The minimum absolute atomic E-state index is 0.166. The van der Waals surface area contributed by atoms with Crippen LogP contribution in [0.15, 0.2) is 29.2 Å². The Kier molecular flexibility index (Phi) is 4.86. The first-order valence-corrected chi connectivity index (χ1v) is 10.2. The third-order valence-corrected chi connectivity index (χ3v) is 6.78. The summed E-state index contributed by atoms with van der Waals surface area (Å²) in [5, 5.41) is 7.66. The molecule has 0 atom stereocenters. The van der Waals surface area contributed by atoms with Crippen LogP contribution in [0.2, 0.25) is 5.02 Å². The van der Waals surface area contributed by atoms with Gasteiger partial charge in [-0.25, -0.2) is 13.4 Å². The molecule has 3 aromatic rings. The van der Waals surface area contributed by atoms with Crippen molar-refractivity contribution in [2.24, 2.45) is 0 Å². The summed E-state index contributed by atoms with van der Waals surface area (Å²) in [5.74, 6) is 0. The summed E-state index contributed by atoms with van der Waals surface area (Å²) in [5.41, 5.74) is 2.82.